The smallest absolute Gasteiger partial charge is 0.341 e. The van der Waals surface area contributed by atoms with Crippen LogP contribution in [0.3, 0.4) is 0 Å². The number of anilines is 3. The molecule has 0 radical (unpaired) electrons. The Labute approximate surface area is 165 Å². The van der Waals surface area contributed by atoms with E-state index < -0.39 is 5.97 Å². The van der Waals surface area contributed by atoms with E-state index in [1.165, 1.54) is 19.4 Å². The number of carbonyl (C=O) groups excluding carboxylic acids is 1. The molecule has 1 amide bonds. The van der Waals surface area contributed by atoms with Crippen molar-refractivity contribution in [1.82, 2.24) is 20.0 Å². The molecule has 2 heterocycles. The zero-order chi connectivity index (χ0) is 20.5. The highest BCUT2D eigenvalue weighted by atomic mass is 16.5. The highest BCUT2D eigenvalue weighted by Crippen LogP contribution is 2.37. The molecular formula is C19H20N6O4. The molecule has 1 aliphatic carbocycles. The molecule has 1 saturated carbocycles. The van der Waals surface area contributed by atoms with Crippen LogP contribution in [0.4, 0.5) is 17.2 Å². The molecule has 29 heavy (non-hydrogen) atoms. The van der Waals surface area contributed by atoms with Crippen LogP contribution in [0.2, 0.25) is 0 Å². The van der Waals surface area contributed by atoms with Gasteiger partial charge < -0.3 is 20.5 Å². The van der Waals surface area contributed by atoms with E-state index in [0.29, 0.717) is 29.0 Å². The van der Waals surface area contributed by atoms with Crippen LogP contribution in [0.5, 0.6) is 5.75 Å². The number of nitrogens with zero attached hydrogens (tertiary/aromatic N) is 4. The number of carboxylic acid groups (broad SMARTS) is 1. The molecule has 150 valence electrons. The van der Waals surface area contributed by atoms with Gasteiger partial charge >= 0.3 is 5.97 Å². The van der Waals surface area contributed by atoms with Crippen molar-refractivity contribution in [2.45, 2.75) is 26.3 Å². The topological polar surface area (TPSA) is 131 Å². The van der Waals surface area contributed by atoms with E-state index in [2.05, 4.69) is 25.9 Å². The van der Waals surface area contributed by atoms with Gasteiger partial charge in [0.2, 0.25) is 5.91 Å². The molecule has 0 saturated heterocycles. The van der Waals surface area contributed by atoms with Crippen LogP contribution in [0.25, 0.3) is 11.0 Å². The van der Waals surface area contributed by atoms with Crippen molar-refractivity contribution in [2.24, 2.45) is 5.92 Å². The number of ether oxygens (including phenoxy) is 1. The van der Waals surface area contributed by atoms with Crippen LogP contribution in [0, 0.1) is 5.92 Å². The van der Waals surface area contributed by atoms with Gasteiger partial charge in [-0.25, -0.2) is 14.5 Å². The molecule has 3 N–H and O–H groups in total. The number of aromatic nitrogens is 4. The quantitative estimate of drug-likeness (QED) is 0.555. The summed E-state index contributed by atoms with van der Waals surface area (Å²) in [5.41, 5.74) is 2.08. The lowest BCUT2D eigenvalue weighted by Crippen LogP contribution is -2.18. The first-order chi connectivity index (χ1) is 14.0. The number of aromatic carboxylic acids is 1. The minimum absolute atomic E-state index is 0.0136. The molecule has 3 aromatic rings. The maximum Gasteiger partial charge on any atom is 0.341 e. The molecular weight excluding hydrogens is 376 g/mol. The summed E-state index contributed by atoms with van der Waals surface area (Å²) in [7, 11) is 1.53. The molecule has 10 nitrogen and oxygen atoms in total. The van der Waals surface area contributed by atoms with Gasteiger partial charge in [0.25, 0.3) is 0 Å². The van der Waals surface area contributed by atoms with E-state index in [1.807, 2.05) is 6.92 Å². The molecule has 0 bridgehead atoms. The predicted octanol–water partition coefficient (Wildman–Crippen LogP) is 2.65. The summed E-state index contributed by atoms with van der Waals surface area (Å²) in [4.78, 5) is 28.1. The second kappa shape index (κ2) is 7.38. The van der Waals surface area contributed by atoms with Crippen LogP contribution in [0.15, 0.2) is 24.4 Å². The van der Waals surface area contributed by atoms with E-state index in [1.54, 1.807) is 16.8 Å². The zero-order valence-corrected chi connectivity index (χ0v) is 16.0. The van der Waals surface area contributed by atoms with Gasteiger partial charge in [0.1, 0.15) is 22.4 Å². The summed E-state index contributed by atoms with van der Waals surface area (Å²) in [6.07, 6.45) is 3.06. The number of hydrogen-bond donors (Lipinski definition) is 3. The van der Waals surface area contributed by atoms with E-state index in [0.717, 1.165) is 12.8 Å². The highest BCUT2D eigenvalue weighted by molar-refractivity contribution is 6.05. The van der Waals surface area contributed by atoms with Gasteiger partial charge in [-0.05, 0) is 38.0 Å². The third kappa shape index (κ3) is 3.44. The average molecular weight is 396 g/mol. The lowest BCUT2D eigenvalue weighted by Gasteiger charge is -2.16. The fourth-order valence-electron chi connectivity index (χ4n) is 3.15. The molecule has 0 atom stereocenters. The van der Waals surface area contributed by atoms with Crippen molar-refractivity contribution in [3.05, 3.63) is 30.0 Å². The number of fused-ring (bicyclic) bond motifs is 1. The minimum atomic E-state index is -1.20. The van der Waals surface area contributed by atoms with Crippen LogP contribution in [0.1, 0.15) is 30.1 Å². The van der Waals surface area contributed by atoms with Gasteiger partial charge in [0.15, 0.2) is 5.75 Å². The highest BCUT2D eigenvalue weighted by Gasteiger charge is 2.31. The lowest BCUT2D eigenvalue weighted by atomic mass is 10.1. The monoisotopic (exact) mass is 396 g/mol. The first-order valence-electron chi connectivity index (χ1n) is 9.23. The second-order valence-electron chi connectivity index (χ2n) is 6.70. The van der Waals surface area contributed by atoms with Crippen molar-refractivity contribution in [3.63, 3.8) is 0 Å². The third-order valence-corrected chi connectivity index (χ3v) is 4.76. The first kappa shape index (κ1) is 18.7. The number of methoxy groups -OCH3 is 1. The molecule has 0 spiro atoms. The lowest BCUT2D eigenvalue weighted by molar-refractivity contribution is -0.117. The Kier molecular flexibility index (Phi) is 4.75. The molecule has 1 aromatic carbocycles. The van der Waals surface area contributed by atoms with E-state index >= 15 is 0 Å². The van der Waals surface area contributed by atoms with Gasteiger partial charge in [-0.1, -0.05) is 5.21 Å². The fraction of sp³-hybridized carbons (Fsp3) is 0.316. The predicted molar refractivity (Wildman–Crippen MR) is 106 cm³/mol. The Hall–Kier alpha value is -3.69. The van der Waals surface area contributed by atoms with Gasteiger partial charge in [0, 0.05) is 18.7 Å². The van der Waals surface area contributed by atoms with Crippen LogP contribution >= 0.6 is 0 Å². The minimum Gasteiger partial charge on any atom is -0.492 e. The maximum atomic E-state index is 12.1. The van der Waals surface area contributed by atoms with E-state index in [9.17, 15) is 14.7 Å². The first-order valence-corrected chi connectivity index (χ1v) is 9.23. The number of carbonyl (C=O) groups is 2. The molecule has 4 rings (SSSR count). The summed E-state index contributed by atoms with van der Waals surface area (Å²) in [5.74, 6) is -0.980. The molecule has 0 unspecified atom stereocenters. The fourth-order valence-corrected chi connectivity index (χ4v) is 3.15. The zero-order valence-electron chi connectivity index (χ0n) is 16.0. The number of pyridine rings is 1. The van der Waals surface area contributed by atoms with Gasteiger partial charge in [-0.15, -0.1) is 5.10 Å². The van der Waals surface area contributed by atoms with Gasteiger partial charge in [-0.3, -0.25) is 4.79 Å². The molecule has 1 aliphatic rings. The second-order valence-corrected chi connectivity index (χ2v) is 6.70. The molecule has 1 fully saturated rings. The summed E-state index contributed by atoms with van der Waals surface area (Å²) in [6.45, 7) is 2.54. The Morgan fingerprint density at radius 1 is 1.28 bits per heavy atom. The van der Waals surface area contributed by atoms with Crippen molar-refractivity contribution < 1.29 is 19.4 Å². The van der Waals surface area contributed by atoms with Crippen LogP contribution in [-0.2, 0) is 11.3 Å². The van der Waals surface area contributed by atoms with E-state index in [-0.39, 0.29) is 28.9 Å². The van der Waals surface area contributed by atoms with E-state index in [4.69, 9.17) is 4.74 Å². The number of benzene rings is 1. The number of rotatable bonds is 7. The van der Waals surface area contributed by atoms with Gasteiger partial charge in [-0.2, -0.15) is 0 Å². The van der Waals surface area contributed by atoms with Crippen LogP contribution in [-0.4, -0.2) is 44.1 Å². The molecule has 10 heteroatoms. The van der Waals surface area contributed by atoms with Crippen molar-refractivity contribution in [2.75, 3.05) is 17.7 Å². The molecule has 0 aliphatic heterocycles. The number of aryl methyl sites for hydroxylation is 1. The number of amides is 1. The average Bonchev–Trinajstić information content (AvgIpc) is 3.48. The standard InChI is InChI=1S/C19H20N6O4/c1-3-25-15-12(23-24-25)6-7-13(16(15)29-2)21-11-8-9-20-17(14(11)19(27)28)22-18(26)10-4-5-10/h6-10H,3-5H2,1-2H3,(H,27,28)(H2,20,21,22,26). The SMILES string of the molecule is CCn1nnc2ccc(Nc3ccnc(NC(=O)C4CC4)c3C(=O)O)c(OC)c21. The Morgan fingerprint density at radius 2 is 2.07 bits per heavy atom. The Morgan fingerprint density at radius 3 is 2.72 bits per heavy atom. The normalized spacial score (nSPS) is 13.3. The third-order valence-electron chi connectivity index (χ3n) is 4.76. The largest absolute Gasteiger partial charge is 0.492 e. The maximum absolute atomic E-state index is 12.1. The molecule has 2 aromatic heterocycles. The number of carboxylic acids is 1. The van der Waals surface area contributed by atoms with Crippen molar-refractivity contribution in [1.29, 1.82) is 0 Å². The number of hydrogen-bond acceptors (Lipinski definition) is 7. The van der Waals surface area contributed by atoms with Crippen molar-refractivity contribution >= 4 is 40.1 Å². The van der Waals surface area contributed by atoms with Crippen molar-refractivity contribution in [3.8, 4) is 5.75 Å². The Bertz CT molecular complexity index is 1110. The summed E-state index contributed by atoms with van der Waals surface area (Å²) >= 11 is 0. The summed E-state index contributed by atoms with van der Waals surface area (Å²) in [5, 5.41) is 23.7. The summed E-state index contributed by atoms with van der Waals surface area (Å²) in [6, 6.07) is 5.05. The summed E-state index contributed by atoms with van der Waals surface area (Å²) < 4.78 is 7.27. The van der Waals surface area contributed by atoms with Gasteiger partial charge in [0.05, 0.1) is 18.5 Å². The van der Waals surface area contributed by atoms with Crippen LogP contribution < -0.4 is 15.4 Å². The number of nitrogens with one attached hydrogen (secondary N) is 2. The Balaban J connectivity index is 1.76.